The zero-order valence-corrected chi connectivity index (χ0v) is 15.3. The maximum atomic E-state index is 11.2. The molecule has 2 aromatic rings. The van der Waals surface area contributed by atoms with Crippen molar-refractivity contribution in [3.63, 3.8) is 0 Å². The molecule has 0 bridgehead atoms. The third-order valence-electron chi connectivity index (χ3n) is 4.62. The van der Waals surface area contributed by atoms with Crippen LogP contribution in [0, 0.1) is 12.8 Å². The van der Waals surface area contributed by atoms with Gasteiger partial charge in [-0.15, -0.1) is 0 Å². The minimum absolute atomic E-state index is 0.277. The largest absolute Gasteiger partial charge is 0.335 e. The number of sulfonamides is 1. The Morgan fingerprint density at radius 1 is 1.20 bits per heavy atom. The molecule has 8 heteroatoms. The van der Waals surface area contributed by atoms with Gasteiger partial charge in [0.2, 0.25) is 15.8 Å². The smallest absolute Gasteiger partial charge is 0.322 e. The number of hydrogen-bond donors (Lipinski definition) is 2. The monoisotopic (exact) mass is 364 g/mol. The second-order valence-electron chi connectivity index (χ2n) is 6.72. The van der Waals surface area contributed by atoms with Gasteiger partial charge in [-0.05, 0) is 44.1 Å². The van der Waals surface area contributed by atoms with E-state index >= 15 is 0 Å². The second kappa shape index (κ2) is 7.53. The standard InChI is InChI=1S/C17H24N4O3S/c1-12-5-3-4-6-15(12)16-20-17(24-21-16)19-14-9-7-13(8-10-14)11-18-25(2,22)23/h3-6,13-14,18H,7-11H2,1-2H3,(H,19,20,21). The molecule has 0 atom stereocenters. The molecule has 0 radical (unpaired) electrons. The summed E-state index contributed by atoms with van der Waals surface area (Å²) in [4.78, 5) is 4.44. The first kappa shape index (κ1) is 17.9. The summed E-state index contributed by atoms with van der Waals surface area (Å²) >= 11 is 0. The summed E-state index contributed by atoms with van der Waals surface area (Å²) in [5, 5.41) is 7.36. The summed E-state index contributed by atoms with van der Waals surface area (Å²) in [5.74, 6) is 0.977. The highest BCUT2D eigenvalue weighted by molar-refractivity contribution is 7.88. The molecule has 7 nitrogen and oxygen atoms in total. The van der Waals surface area contributed by atoms with Gasteiger partial charge in [0.1, 0.15) is 0 Å². The molecule has 1 saturated carbocycles. The quantitative estimate of drug-likeness (QED) is 0.818. The van der Waals surface area contributed by atoms with Gasteiger partial charge in [-0.1, -0.05) is 29.4 Å². The first-order chi connectivity index (χ1) is 11.9. The fourth-order valence-electron chi connectivity index (χ4n) is 3.17. The highest BCUT2D eigenvalue weighted by Gasteiger charge is 2.23. The maximum Gasteiger partial charge on any atom is 0.322 e. The lowest BCUT2D eigenvalue weighted by Gasteiger charge is -2.28. The number of rotatable bonds is 6. The molecule has 2 N–H and O–H groups in total. The van der Waals surface area contributed by atoms with Crippen LogP contribution in [0.25, 0.3) is 11.4 Å². The highest BCUT2D eigenvalue weighted by atomic mass is 32.2. The van der Waals surface area contributed by atoms with Crippen LogP contribution in [0.1, 0.15) is 31.2 Å². The fraction of sp³-hybridized carbons (Fsp3) is 0.529. The summed E-state index contributed by atoms with van der Waals surface area (Å²) in [6, 6.07) is 8.65. The molecule has 1 aromatic heterocycles. The van der Waals surface area contributed by atoms with E-state index in [1.165, 1.54) is 6.26 Å². The van der Waals surface area contributed by atoms with E-state index in [1.807, 2.05) is 31.2 Å². The molecule has 3 rings (SSSR count). The topological polar surface area (TPSA) is 97.1 Å². The Balaban J connectivity index is 1.52. The highest BCUT2D eigenvalue weighted by Crippen LogP contribution is 2.27. The van der Waals surface area contributed by atoms with Crippen LogP contribution in [0.2, 0.25) is 0 Å². The predicted octanol–water partition coefficient (Wildman–Crippen LogP) is 2.56. The van der Waals surface area contributed by atoms with Gasteiger partial charge in [0.05, 0.1) is 6.26 Å². The third kappa shape index (κ3) is 5.02. The van der Waals surface area contributed by atoms with Gasteiger partial charge in [-0.25, -0.2) is 13.1 Å². The first-order valence-corrected chi connectivity index (χ1v) is 10.4. The van der Waals surface area contributed by atoms with Gasteiger partial charge in [0.25, 0.3) is 0 Å². The average Bonchev–Trinajstić information content (AvgIpc) is 3.02. The van der Waals surface area contributed by atoms with Crippen LogP contribution in [-0.2, 0) is 10.0 Å². The van der Waals surface area contributed by atoms with Crippen LogP contribution in [0.15, 0.2) is 28.8 Å². The number of aromatic nitrogens is 2. The van der Waals surface area contributed by atoms with E-state index in [4.69, 9.17) is 4.52 Å². The molecule has 25 heavy (non-hydrogen) atoms. The molecule has 0 saturated heterocycles. The van der Waals surface area contributed by atoms with Crippen molar-refractivity contribution in [3.05, 3.63) is 29.8 Å². The van der Waals surface area contributed by atoms with Gasteiger partial charge in [-0.3, -0.25) is 0 Å². The zero-order valence-electron chi connectivity index (χ0n) is 14.5. The molecule has 136 valence electrons. The van der Waals surface area contributed by atoms with Crippen molar-refractivity contribution in [2.45, 2.75) is 38.6 Å². The van der Waals surface area contributed by atoms with Crippen molar-refractivity contribution < 1.29 is 12.9 Å². The second-order valence-corrected chi connectivity index (χ2v) is 8.55. The van der Waals surface area contributed by atoms with E-state index in [1.54, 1.807) is 0 Å². The normalized spacial score (nSPS) is 21.2. The predicted molar refractivity (Wildman–Crippen MR) is 96.7 cm³/mol. The Kier molecular flexibility index (Phi) is 5.39. The molecule has 1 aliphatic carbocycles. The first-order valence-electron chi connectivity index (χ1n) is 8.51. The van der Waals surface area contributed by atoms with Crippen molar-refractivity contribution >= 4 is 16.0 Å². The molecule has 0 aliphatic heterocycles. The summed E-state index contributed by atoms with van der Waals surface area (Å²) in [5.41, 5.74) is 2.07. The third-order valence-corrected chi connectivity index (χ3v) is 5.31. The van der Waals surface area contributed by atoms with E-state index < -0.39 is 10.0 Å². The van der Waals surface area contributed by atoms with E-state index in [0.29, 0.717) is 24.3 Å². The Bertz CT molecular complexity index is 811. The Morgan fingerprint density at radius 3 is 2.60 bits per heavy atom. The Hall–Kier alpha value is -1.93. The van der Waals surface area contributed by atoms with Gasteiger partial charge < -0.3 is 9.84 Å². The van der Waals surface area contributed by atoms with Crippen molar-refractivity contribution in [2.75, 3.05) is 18.1 Å². The SMILES string of the molecule is Cc1ccccc1-c1noc(NC2CCC(CNS(C)(=O)=O)CC2)n1. The molecule has 1 aromatic carbocycles. The number of hydrogen-bond acceptors (Lipinski definition) is 6. The molecular weight excluding hydrogens is 340 g/mol. The number of nitrogens with zero attached hydrogens (tertiary/aromatic N) is 2. The fourth-order valence-corrected chi connectivity index (χ4v) is 3.71. The molecular formula is C17H24N4O3S. The Morgan fingerprint density at radius 2 is 1.92 bits per heavy atom. The minimum Gasteiger partial charge on any atom is -0.335 e. The lowest BCUT2D eigenvalue weighted by atomic mass is 9.86. The maximum absolute atomic E-state index is 11.2. The van der Waals surface area contributed by atoms with Gasteiger partial charge in [0, 0.05) is 18.2 Å². The van der Waals surface area contributed by atoms with E-state index in [9.17, 15) is 8.42 Å². The van der Waals surface area contributed by atoms with Crippen molar-refractivity contribution in [1.82, 2.24) is 14.9 Å². The minimum atomic E-state index is -3.11. The summed E-state index contributed by atoms with van der Waals surface area (Å²) < 4.78 is 30.3. The van der Waals surface area contributed by atoms with Crippen LogP contribution in [0.4, 0.5) is 6.01 Å². The number of benzene rings is 1. The Labute approximate surface area is 148 Å². The number of anilines is 1. The lowest BCUT2D eigenvalue weighted by molar-refractivity contribution is 0.330. The van der Waals surface area contributed by atoms with Crippen LogP contribution >= 0.6 is 0 Å². The number of nitrogens with one attached hydrogen (secondary N) is 2. The van der Waals surface area contributed by atoms with Crippen molar-refractivity contribution in [3.8, 4) is 11.4 Å². The van der Waals surface area contributed by atoms with Crippen LogP contribution in [-0.4, -0.2) is 37.4 Å². The molecule has 1 aliphatic rings. The van der Waals surface area contributed by atoms with Crippen LogP contribution < -0.4 is 10.0 Å². The molecule has 0 amide bonds. The summed E-state index contributed by atoms with van der Waals surface area (Å²) in [6.07, 6.45) is 5.05. The zero-order chi connectivity index (χ0) is 17.9. The van der Waals surface area contributed by atoms with Crippen LogP contribution in [0.3, 0.4) is 0 Å². The van der Waals surface area contributed by atoms with Gasteiger partial charge >= 0.3 is 6.01 Å². The average molecular weight is 364 g/mol. The lowest BCUT2D eigenvalue weighted by Crippen LogP contribution is -2.33. The van der Waals surface area contributed by atoms with Crippen molar-refractivity contribution in [2.24, 2.45) is 5.92 Å². The molecule has 0 spiro atoms. The van der Waals surface area contributed by atoms with Gasteiger partial charge in [-0.2, -0.15) is 4.98 Å². The van der Waals surface area contributed by atoms with E-state index in [-0.39, 0.29) is 6.04 Å². The van der Waals surface area contributed by atoms with E-state index in [0.717, 1.165) is 36.8 Å². The van der Waals surface area contributed by atoms with Crippen molar-refractivity contribution in [1.29, 1.82) is 0 Å². The van der Waals surface area contributed by atoms with Crippen LogP contribution in [0.5, 0.6) is 0 Å². The van der Waals surface area contributed by atoms with Gasteiger partial charge in [0.15, 0.2) is 0 Å². The summed E-state index contributed by atoms with van der Waals surface area (Å²) in [6.45, 7) is 2.54. The molecule has 0 unspecified atom stereocenters. The molecule has 1 fully saturated rings. The number of aryl methyl sites for hydroxylation is 1. The van der Waals surface area contributed by atoms with E-state index in [2.05, 4.69) is 20.2 Å². The summed E-state index contributed by atoms with van der Waals surface area (Å²) in [7, 11) is -3.11. The molecule has 1 heterocycles.